The summed E-state index contributed by atoms with van der Waals surface area (Å²) < 4.78 is 0. The zero-order chi connectivity index (χ0) is 20.4. The SMILES string of the molecule is Cc1ccc(C)c2c1=CC(CCNC(=O)c1cc([N+](=O)[O-])ccc1Cl)C(=O)N=2. The van der Waals surface area contributed by atoms with E-state index in [0.717, 1.165) is 22.4 Å². The highest BCUT2D eigenvalue weighted by Gasteiger charge is 2.21. The predicted molar refractivity (Wildman–Crippen MR) is 105 cm³/mol. The van der Waals surface area contributed by atoms with Crippen molar-refractivity contribution in [1.82, 2.24) is 5.32 Å². The maximum atomic E-state index is 12.3. The van der Waals surface area contributed by atoms with Gasteiger partial charge in [-0.3, -0.25) is 19.7 Å². The van der Waals surface area contributed by atoms with Gasteiger partial charge in [0, 0.05) is 23.9 Å². The van der Waals surface area contributed by atoms with Gasteiger partial charge in [-0.15, -0.1) is 0 Å². The van der Waals surface area contributed by atoms with E-state index in [2.05, 4.69) is 10.3 Å². The Morgan fingerprint density at radius 1 is 1.25 bits per heavy atom. The second-order valence-corrected chi connectivity index (χ2v) is 7.06. The number of rotatable bonds is 5. The van der Waals surface area contributed by atoms with E-state index in [1.54, 1.807) is 0 Å². The molecule has 1 N–H and O–H groups in total. The van der Waals surface area contributed by atoms with E-state index in [1.807, 2.05) is 32.1 Å². The number of carbonyl (C=O) groups excluding carboxylic acids is 2. The molecular formula is C20H18ClN3O4. The number of nitrogens with zero attached hydrogens (tertiary/aromatic N) is 2. The van der Waals surface area contributed by atoms with Crippen LogP contribution in [-0.4, -0.2) is 23.3 Å². The summed E-state index contributed by atoms with van der Waals surface area (Å²) in [6.07, 6.45) is 2.26. The lowest BCUT2D eigenvalue weighted by Gasteiger charge is -2.14. The zero-order valence-corrected chi connectivity index (χ0v) is 16.1. The highest BCUT2D eigenvalue weighted by atomic mass is 35.5. The number of aryl methyl sites for hydroxylation is 2. The summed E-state index contributed by atoms with van der Waals surface area (Å²) >= 11 is 5.98. The first kappa shape index (κ1) is 19.7. The predicted octanol–water partition coefficient (Wildman–Crippen LogP) is 2.24. The van der Waals surface area contributed by atoms with Crippen LogP contribution in [0.2, 0.25) is 5.02 Å². The van der Waals surface area contributed by atoms with Gasteiger partial charge < -0.3 is 5.32 Å². The molecule has 2 aromatic carbocycles. The van der Waals surface area contributed by atoms with Crippen molar-refractivity contribution in [1.29, 1.82) is 0 Å². The molecule has 1 unspecified atom stereocenters. The molecule has 8 heteroatoms. The Balaban J connectivity index is 1.72. The third-order valence-corrected chi connectivity index (χ3v) is 5.02. The van der Waals surface area contributed by atoms with Crippen molar-refractivity contribution in [2.75, 3.05) is 6.54 Å². The quantitative estimate of drug-likeness (QED) is 0.615. The first-order valence-corrected chi connectivity index (χ1v) is 9.08. The van der Waals surface area contributed by atoms with Crippen molar-refractivity contribution in [2.24, 2.45) is 10.9 Å². The standard InChI is InChI=1S/C20H18ClN3O4/c1-11-3-4-12(2)18-15(11)9-13(19(25)23-18)7-8-22-20(26)16-10-14(24(27)28)5-6-17(16)21/h3-6,9-10,13H,7-8H2,1-2H3,(H,22,26). The van der Waals surface area contributed by atoms with E-state index in [9.17, 15) is 19.7 Å². The van der Waals surface area contributed by atoms with Crippen LogP contribution >= 0.6 is 11.6 Å². The summed E-state index contributed by atoms with van der Waals surface area (Å²) in [7, 11) is 0. The van der Waals surface area contributed by atoms with Gasteiger partial charge in [0.2, 0.25) is 0 Å². The van der Waals surface area contributed by atoms with Crippen LogP contribution in [0.3, 0.4) is 0 Å². The van der Waals surface area contributed by atoms with Crippen LogP contribution in [0, 0.1) is 29.9 Å². The summed E-state index contributed by atoms with van der Waals surface area (Å²) in [6, 6.07) is 7.60. The second-order valence-electron chi connectivity index (χ2n) is 6.65. The topological polar surface area (TPSA) is 102 Å². The number of fused-ring (bicyclic) bond motifs is 1. The van der Waals surface area contributed by atoms with E-state index < -0.39 is 16.7 Å². The Morgan fingerprint density at radius 3 is 2.68 bits per heavy atom. The minimum atomic E-state index is -0.591. The second kappa shape index (κ2) is 7.90. The highest BCUT2D eigenvalue weighted by Crippen LogP contribution is 2.22. The van der Waals surface area contributed by atoms with Crippen molar-refractivity contribution < 1.29 is 14.5 Å². The normalized spacial score (nSPS) is 15.2. The molecule has 0 aliphatic carbocycles. The molecule has 0 fully saturated rings. The number of amides is 2. The molecule has 2 amide bonds. The lowest BCUT2D eigenvalue weighted by molar-refractivity contribution is -0.384. The number of non-ortho nitro benzene ring substituents is 1. The van der Waals surface area contributed by atoms with Crippen molar-refractivity contribution >= 4 is 35.2 Å². The first-order chi connectivity index (χ1) is 13.3. The Hall–Kier alpha value is -3.06. The molecule has 3 rings (SSSR count). The van der Waals surface area contributed by atoms with Crippen LogP contribution < -0.4 is 15.9 Å². The third-order valence-electron chi connectivity index (χ3n) is 4.69. The van der Waals surface area contributed by atoms with E-state index >= 15 is 0 Å². The molecule has 0 bridgehead atoms. The van der Waals surface area contributed by atoms with Crippen molar-refractivity contribution in [3.63, 3.8) is 0 Å². The number of halogens is 1. The van der Waals surface area contributed by atoms with E-state index in [4.69, 9.17) is 11.6 Å². The van der Waals surface area contributed by atoms with Crippen molar-refractivity contribution in [3.8, 4) is 0 Å². The van der Waals surface area contributed by atoms with Crippen LogP contribution in [0.15, 0.2) is 35.3 Å². The lowest BCUT2D eigenvalue weighted by Crippen LogP contribution is -2.38. The van der Waals surface area contributed by atoms with Crippen molar-refractivity contribution in [3.05, 3.63) is 72.7 Å². The summed E-state index contributed by atoms with van der Waals surface area (Å²) in [6.45, 7) is 4.08. The van der Waals surface area contributed by atoms with Gasteiger partial charge in [-0.1, -0.05) is 29.8 Å². The fraction of sp³-hybridized carbons (Fsp3) is 0.250. The fourth-order valence-electron chi connectivity index (χ4n) is 3.09. The summed E-state index contributed by atoms with van der Waals surface area (Å²) in [5, 5.41) is 15.3. The molecule has 0 saturated carbocycles. The Bertz CT molecular complexity index is 1110. The third kappa shape index (κ3) is 3.94. The number of benzene rings is 2. The molecule has 144 valence electrons. The maximum Gasteiger partial charge on any atom is 0.270 e. The molecule has 7 nitrogen and oxygen atoms in total. The highest BCUT2D eigenvalue weighted by molar-refractivity contribution is 6.33. The monoisotopic (exact) mass is 399 g/mol. The van der Waals surface area contributed by atoms with Gasteiger partial charge in [0.15, 0.2) is 0 Å². The molecule has 0 saturated heterocycles. The van der Waals surface area contributed by atoms with Crippen LogP contribution in [-0.2, 0) is 4.79 Å². The molecule has 28 heavy (non-hydrogen) atoms. The van der Waals surface area contributed by atoms with Crippen LogP contribution in [0.4, 0.5) is 5.69 Å². The number of carbonyl (C=O) groups is 2. The van der Waals surface area contributed by atoms with E-state index in [1.165, 1.54) is 12.1 Å². The number of nitro groups is 1. The molecule has 1 heterocycles. The maximum absolute atomic E-state index is 12.3. The molecule has 1 aliphatic rings. The molecule has 2 aromatic rings. The number of nitro benzene ring substituents is 1. The van der Waals surface area contributed by atoms with E-state index in [0.29, 0.717) is 11.8 Å². The van der Waals surface area contributed by atoms with Crippen LogP contribution in [0.25, 0.3) is 6.08 Å². The zero-order valence-electron chi connectivity index (χ0n) is 15.4. The molecule has 0 radical (unpaired) electrons. The first-order valence-electron chi connectivity index (χ1n) is 8.70. The van der Waals surface area contributed by atoms with Crippen LogP contribution in [0.5, 0.6) is 0 Å². The average Bonchev–Trinajstić information content (AvgIpc) is 2.65. The van der Waals surface area contributed by atoms with Gasteiger partial charge in [-0.05, 0) is 37.5 Å². The number of nitrogens with one attached hydrogen (secondary N) is 1. The largest absolute Gasteiger partial charge is 0.352 e. The van der Waals surface area contributed by atoms with Gasteiger partial charge in [0.1, 0.15) is 0 Å². The molecule has 0 spiro atoms. The Labute approximate surface area is 165 Å². The van der Waals surface area contributed by atoms with Gasteiger partial charge in [0.05, 0.1) is 26.8 Å². The number of hydrogen-bond donors (Lipinski definition) is 1. The van der Waals surface area contributed by atoms with Crippen molar-refractivity contribution in [2.45, 2.75) is 20.3 Å². The van der Waals surface area contributed by atoms with E-state index in [-0.39, 0.29) is 28.7 Å². The summed E-state index contributed by atoms with van der Waals surface area (Å²) in [5.41, 5.74) is 1.79. The summed E-state index contributed by atoms with van der Waals surface area (Å²) in [5.74, 6) is -1.21. The molecule has 1 aliphatic heterocycles. The lowest BCUT2D eigenvalue weighted by atomic mass is 9.97. The van der Waals surface area contributed by atoms with Gasteiger partial charge in [0.25, 0.3) is 17.5 Å². The Morgan fingerprint density at radius 2 is 1.96 bits per heavy atom. The number of hydrogen-bond acceptors (Lipinski definition) is 4. The van der Waals surface area contributed by atoms with Crippen LogP contribution in [0.1, 0.15) is 27.9 Å². The molecule has 0 aromatic heterocycles. The van der Waals surface area contributed by atoms with Gasteiger partial charge in [-0.2, -0.15) is 0 Å². The smallest absolute Gasteiger partial charge is 0.270 e. The Kier molecular flexibility index (Phi) is 5.56. The summed E-state index contributed by atoms with van der Waals surface area (Å²) in [4.78, 5) is 39.2. The minimum absolute atomic E-state index is 0.0244. The minimum Gasteiger partial charge on any atom is -0.352 e. The molecular weight excluding hydrogens is 382 g/mol. The molecule has 1 atom stereocenters. The van der Waals surface area contributed by atoms with Gasteiger partial charge >= 0.3 is 0 Å². The fourth-order valence-corrected chi connectivity index (χ4v) is 3.29. The average molecular weight is 400 g/mol. The van der Waals surface area contributed by atoms with Gasteiger partial charge in [-0.25, -0.2) is 4.99 Å².